The lowest BCUT2D eigenvalue weighted by Gasteiger charge is -2.34. The molecule has 3 rings (SSSR count). The highest BCUT2D eigenvalue weighted by atomic mass is 79.9. The van der Waals surface area contributed by atoms with E-state index in [4.69, 9.17) is 10.2 Å². The molecule has 3 heterocycles. The molecule has 2 N–H and O–H groups in total. The van der Waals surface area contributed by atoms with Crippen LogP contribution in [-0.2, 0) is 6.54 Å². The van der Waals surface area contributed by atoms with E-state index >= 15 is 0 Å². The molecular formula is C14H22BrN3O. The minimum Gasteiger partial charge on any atom is -0.453 e. The van der Waals surface area contributed by atoms with Crippen LogP contribution in [-0.4, -0.2) is 48.1 Å². The monoisotopic (exact) mass is 327 g/mol. The Morgan fingerprint density at radius 3 is 2.68 bits per heavy atom. The molecule has 2 fully saturated rings. The molecule has 0 aliphatic carbocycles. The number of likely N-dealkylation sites (tertiary alicyclic amines) is 2. The summed E-state index contributed by atoms with van der Waals surface area (Å²) < 4.78 is 6.41. The van der Waals surface area contributed by atoms with Crippen molar-refractivity contribution in [1.82, 2.24) is 9.80 Å². The Morgan fingerprint density at radius 1 is 1.21 bits per heavy atom. The van der Waals surface area contributed by atoms with Crippen molar-refractivity contribution in [3.8, 4) is 0 Å². The van der Waals surface area contributed by atoms with E-state index in [1.54, 1.807) is 0 Å². The van der Waals surface area contributed by atoms with E-state index < -0.39 is 0 Å². The van der Waals surface area contributed by atoms with E-state index in [-0.39, 0.29) is 0 Å². The second-order valence-electron chi connectivity index (χ2n) is 5.76. The highest BCUT2D eigenvalue weighted by Crippen LogP contribution is 2.22. The highest BCUT2D eigenvalue weighted by Gasteiger charge is 2.29. The summed E-state index contributed by atoms with van der Waals surface area (Å²) in [5, 5.41) is 0. The second kappa shape index (κ2) is 5.95. The zero-order valence-electron chi connectivity index (χ0n) is 11.2. The molecule has 2 saturated heterocycles. The van der Waals surface area contributed by atoms with Crippen LogP contribution in [0.25, 0.3) is 0 Å². The van der Waals surface area contributed by atoms with Crippen LogP contribution in [0.2, 0.25) is 0 Å². The number of furan rings is 1. The summed E-state index contributed by atoms with van der Waals surface area (Å²) in [7, 11) is 0. The molecule has 2 aliphatic rings. The molecular weight excluding hydrogens is 306 g/mol. The summed E-state index contributed by atoms with van der Waals surface area (Å²) in [6.45, 7) is 5.60. The molecule has 106 valence electrons. The molecule has 0 radical (unpaired) electrons. The zero-order valence-corrected chi connectivity index (χ0v) is 12.8. The molecule has 0 amide bonds. The van der Waals surface area contributed by atoms with Crippen LogP contribution in [0.3, 0.4) is 0 Å². The van der Waals surface area contributed by atoms with Crippen molar-refractivity contribution in [3.05, 3.63) is 22.6 Å². The lowest BCUT2D eigenvalue weighted by molar-refractivity contribution is 0.150. The zero-order chi connectivity index (χ0) is 13.2. The molecule has 5 heteroatoms. The fourth-order valence-corrected chi connectivity index (χ4v) is 3.54. The maximum Gasteiger partial charge on any atom is 0.169 e. The van der Waals surface area contributed by atoms with Gasteiger partial charge in [0.2, 0.25) is 0 Å². The number of halogens is 1. The topological polar surface area (TPSA) is 45.6 Å². The number of hydrogen-bond acceptors (Lipinski definition) is 4. The summed E-state index contributed by atoms with van der Waals surface area (Å²) in [6, 6.07) is 5.16. The van der Waals surface area contributed by atoms with Crippen molar-refractivity contribution in [2.45, 2.75) is 37.9 Å². The maximum absolute atomic E-state index is 5.97. The third-order valence-electron chi connectivity index (χ3n) is 4.35. The minimum absolute atomic E-state index is 0.425. The number of hydrogen-bond donors (Lipinski definition) is 1. The number of nitrogens with zero attached hydrogens (tertiary/aromatic N) is 2. The largest absolute Gasteiger partial charge is 0.453 e. The average molecular weight is 328 g/mol. The molecule has 19 heavy (non-hydrogen) atoms. The van der Waals surface area contributed by atoms with Crippen molar-refractivity contribution >= 4 is 15.9 Å². The third-order valence-corrected chi connectivity index (χ3v) is 4.77. The van der Waals surface area contributed by atoms with Gasteiger partial charge in [0.05, 0.1) is 6.54 Å². The van der Waals surface area contributed by atoms with Crippen LogP contribution in [0.15, 0.2) is 21.2 Å². The second-order valence-corrected chi connectivity index (χ2v) is 6.54. The molecule has 0 saturated carbocycles. The van der Waals surface area contributed by atoms with Crippen molar-refractivity contribution in [1.29, 1.82) is 0 Å². The van der Waals surface area contributed by atoms with E-state index in [0.29, 0.717) is 12.1 Å². The average Bonchev–Trinajstić information content (AvgIpc) is 3.00. The Balaban J connectivity index is 1.50. The molecule has 4 nitrogen and oxygen atoms in total. The molecule has 0 spiro atoms. The maximum atomic E-state index is 5.97. The molecule has 1 aromatic heterocycles. The molecule has 1 atom stereocenters. The van der Waals surface area contributed by atoms with Gasteiger partial charge in [-0.05, 0) is 60.4 Å². The van der Waals surface area contributed by atoms with Gasteiger partial charge in [-0.1, -0.05) is 0 Å². The fourth-order valence-electron chi connectivity index (χ4n) is 3.20. The van der Waals surface area contributed by atoms with Gasteiger partial charge < -0.3 is 10.2 Å². The van der Waals surface area contributed by atoms with Gasteiger partial charge in [0, 0.05) is 25.2 Å². The van der Waals surface area contributed by atoms with Crippen LogP contribution in [0.1, 0.15) is 25.0 Å². The van der Waals surface area contributed by atoms with Crippen LogP contribution in [0.4, 0.5) is 0 Å². The summed E-state index contributed by atoms with van der Waals surface area (Å²) in [5.41, 5.74) is 5.97. The first-order valence-electron chi connectivity index (χ1n) is 7.17. The van der Waals surface area contributed by atoms with E-state index in [9.17, 15) is 0 Å². The van der Waals surface area contributed by atoms with Gasteiger partial charge in [-0.25, -0.2) is 0 Å². The van der Waals surface area contributed by atoms with Gasteiger partial charge >= 0.3 is 0 Å². The predicted molar refractivity (Wildman–Crippen MR) is 78.9 cm³/mol. The standard InChI is InChI=1S/C14H22BrN3O/c15-14-2-1-13(19-14)10-17-6-5-12(9-17)18-7-3-11(16)4-8-18/h1-2,11-12H,3-10,16H2. The van der Waals surface area contributed by atoms with Crippen LogP contribution in [0.5, 0.6) is 0 Å². The Morgan fingerprint density at radius 2 is 2.00 bits per heavy atom. The normalized spacial score (nSPS) is 27.2. The number of nitrogens with two attached hydrogens (primary N) is 1. The summed E-state index contributed by atoms with van der Waals surface area (Å²) in [6.07, 6.45) is 3.58. The van der Waals surface area contributed by atoms with Gasteiger partial charge in [0.25, 0.3) is 0 Å². The first-order valence-corrected chi connectivity index (χ1v) is 7.96. The number of piperidine rings is 1. The quantitative estimate of drug-likeness (QED) is 0.922. The Kier molecular flexibility index (Phi) is 4.27. The minimum atomic E-state index is 0.425. The molecule has 2 aliphatic heterocycles. The van der Waals surface area contributed by atoms with Gasteiger partial charge in [-0.2, -0.15) is 0 Å². The third kappa shape index (κ3) is 3.40. The van der Waals surface area contributed by atoms with E-state index in [1.807, 2.05) is 6.07 Å². The molecule has 0 aromatic carbocycles. The first-order chi connectivity index (χ1) is 9.20. The van der Waals surface area contributed by atoms with Gasteiger partial charge in [-0.3, -0.25) is 9.80 Å². The lowest BCUT2D eigenvalue weighted by Crippen LogP contribution is -2.46. The van der Waals surface area contributed by atoms with Crippen LogP contribution < -0.4 is 5.73 Å². The summed E-state index contributed by atoms with van der Waals surface area (Å²) >= 11 is 3.36. The highest BCUT2D eigenvalue weighted by molar-refractivity contribution is 9.10. The Bertz CT molecular complexity index is 415. The SMILES string of the molecule is NC1CCN(C2CCN(Cc3ccc(Br)o3)C2)CC1. The van der Waals surface area contributed by atoms with Gasteiger partial charge in [-0.15, -0.1) is 0 Å². The van der Waals surface area contributed by atoms with Crippen molar-refractivity contribution < 1.29 is 4.42 Å². The number of rotatable bonds is 3. The van der Waals surface area contributed by atoms with E-state index in [2.05, 4.69) is 31.8 Å². The van der Waals surface area contributed by atoms with Crippen molar-refractivity contribution in [2.75, 3.05) is 26.2 Å². The first kappa shape index (κ1) is 13.6. The van der Waals surface area contributed by atoms with Gasteiger partial charge in [0.1, 0.15) is 5.76 Å². The Labute approximate surface area is 123 Å². The van der Waals surface area contributed by atoms with E-state index in [1.165, 1.54) is 26.1 Å². The van der Waals surface area contributed by atoms with Gasteiger partial charge in [0.15, 0.2) is 4.67 Å². The lowest BCUT2D eigenvalue weighted by atomic mass is 10.0. The Hall–Kier alpha value is -0.360. The van der Waals surface area contributed by atoms with Crippen molar-refractivity contribution in [3.63, 3.8) is 0 Å². The summed E-state index contributed by atoms with van der Waals surface area (Å²) in [4.78, 5) is 5.12. The predicted octanol–water partition coefficient (Wildman–Crippen LogP) is 2.04. The molecule has 1 unspecified atom stereocenters. The summed E-state index contributed by atoms with van der Waals surface area (Å²) in [5.74, 6) is 1.05. The molecule has 1 aromatic rings. The van der Waals surface area contributed by atoms with Crippen LogP contribution in [0, 0.1) is 0 Å². The van der Waals surface area contributed by atoms with Crippen molar-refractivity contribution in [2.24, 2.45) is 5.73 Å². The molecule has 0 bridgehead atoms. The smallest absolute Gasteiger partial charge is 0.169 e. The van der Waals surface area contributed by atoms with Crippen LogP contribution >= 0.6 is 15.9 Å². The fraction of sp³-hybridized carbons (Fsp3) is 0.714. The van der Waals surface area contributed by atoms with E-state index in [0.717, 1.165) is 36.4 Å².